The van der Waals surface area contributed by atoms with Gasteiger partial charge in [0.15, 0.2) is 12.6 Å². The maximum Gasteiger partial charge on any atom is 0.189 e. The first-order valence-electron chi connectivity index (χ1n) is 10.7. The number of piperidine rings is 1. The lowest BCUT2D eigenvalue weighted by Crippen LogP contribution is -2.40. The zero-order chi connectivity index (χ0) is 21.6. The predicted octanol–water partition coefficient (Wildman–Crippen LogP) is 4.16. The molecule has 2 heterocycles. The maximum atomic E-state index is 5.88. The number of terminal acetylenes is 1. The molecule has 1 aliphatic rings. The van der Waals surface area contributed by atoms with E-state index in [1.165, 1.54) is 6.42 Å². The lowest BCUT2D eigenvalue weighted by molar-refractivity contribution is 0.0227. The molecule has 1 saturated heterocycles. The second-order valence-corrected chi connectivity index (χ2v) is 7.80. The molecular weight excluding hydrogens is 388 g/mol. The minimum absolute atomic E-state index is 0.151. The van der Waals surface area contributed by atoms with Crippen LogP contribution in [0.4, 0.5) is 5.82 Å². The summed E-state index contributed by atoms with van der Waals surface area (Å²) in [4.78, 5) is 2.35. The Bertz CT molecular complexity index is 1090. The van der Waals surface area contributed by atoms with Crippen LogP contribution >= 0.6 is 0 Å². The van der Waals surface area contributed by atoms with Gasteiger partial charge in [-0.25, -0.2) is 0 Å². The van der Waals surface area contributed by atoms with E-state index in [1.54, 1.807) is 0 Å². The molecule has 0 bridgehead atoms. The number of rotatable bonds is 7. The van der Waals surface area contributed by atoms with Gasteiger partial charge in [0.05, 0.1) is 0 Å². The van der Waals surface area contributed by atoms with E-state index in [9.17, 15) is 0 Å². The molecule has 1 N–H and O–H groups in total. The SMILES string of the molecule is C#Cc1ccc(-c2nnc(NC3CCCN(C)C3)c3ccccc23)c(OCOCC)c1. The predicted molar refractivity (Wildman–Crippen MR) is 124 cm³/mol. The number of hydrogen-bond acceptors (Lipinski definition) is 6. The summed E-state index contributed by atoms with van der Waals surface area (Å²) in [6, 6.07) is 14.2. The van der Waals surface area contributed by atoms with Crippen LogP contribution in [0.5, 0.6) is 5.75 Å². The monoisotopic (exact) mass is 416 g/mol. The van der Waals surface area contributed by atoms with Crippen LogP contribution in [0.1, 0.15) is 25.3 Å². The van der Waals surface area contributed by atoms with Gasteiger partial charge >= 0.3 is 0 Å². The van der Waals surface area contributed by atoms with Crippen LogP contribution in [0, 0.1) is 12.3 Å². The van der Waals surface area contributed by atoms with Crippen molar-refractivity contribution in [1.29, 1.82) is 0 Å². The van der Waals surface area contributed by atoms with E-state index in [-0.39, 0.29) is 6.79 Å². The van der Waals surface area contributed by atoms with Gasteiger partial charge in [0, 0.05) is 41.1 Å². The molecule has 0 saturated carbocycles. The molecule has 0 spiro atoms. The Hall–Kier alpha value is -3.14. The summed E-state index contributed by atoms with van der Waals surface area (Å²) < 4.78 is 11.3. The Morgan fingerprint density at radius 2 is 2.03 bits per heavy atom. The van der Waals surface area contributed by atoms with E-state index in [0.29, 0.717) is 18.4 Å². The van der Waals surface area contributed by atoms with Crippen molar-refractivity contribution in [1.82, 2.24) is 15.1 Å². The molecule has 31 heavy (non-hydrogen) atoms. The number of benzene rings is 2. The molecule has 0 aliphatic carbocycles. The molecule has 6 heteroatoms. The fraction of sp³-hybridized carbons (Fsp3) is 0.360. The van der Waals surface area contributed by atoms with Crippen molar-refractivity contribution in [3.8, 4) is 29.4 Å². The lowest BCUT2D eigenvalue weighted by Gasteiger charge is -2.30. The van der Waals surface area contributed by atoms with E-state index >= 15 is 0 Å². The van der Waals surface area contributed by atoms with E-state index < -0.39 is 0 Å². The molecular formula is C25H28N4O2. The highest BCUT2D eigenvalue weighted by Gasteiger charge is 2.20. The third kappa shape index (κ3) is 4.79. The first kappa shape index (κ1) is 21.1. The van der Waals surface area contributed by atoms with Crippen molar-refractivity contribution in [3.63, 3.8) is 0 Å². The number of likely N-dealkylation sites (N-methyl/N-ethyl adjacent to an activating group) is 1. The smallest absolute Gasteiger partial charge is 0.189 e. The number of aromatic nitrogens is 2. The summed E-state index contributed by atoms with van der Waals surface area (Å²) in [7, 11) is 2.16. The van der Waals surface area contributed by atoms with E-state index in [2.05, 4.69) is 45.5 Å². The number of fused-ring (bicyclic) bond motifs is 1. The molecule has 1 unspecified atom stereocenters. The Kier molecular flexibility index (Phi) is 6.66. The van der Waals surface area contributed by atoms with Crippen LogP contribution < -0.4 is 10.1 Å². The first-order valence-corrected chi connectivity index (χ1v) is 10.7. The second kappa shape index (κ2) is 9.78. The molecule has 1 aromatic heterocycles. The Morgan fingerprint density at radius 1 is 1.19 bits per heavy atom. The molecule has 0 radical (unpaired) electrons. The molecule has 1 atom stereocenters. The molecule has 6 nitrogen and oxygen atoms in total. The summed E-state index contributed by atoms with van der Waals surface area (Å²) in [5.74, 6) is 4.11. The average Bonchev–Trinajstić information content (AvgIpc) is 2.80. The van der Waals surface area contributed by atoms with Gasteiger partial charge < -0.3 is 19.7 Å². The van der Waals surface area contributed by atoms with Gasteiger partial charge in [0.25, 0.3) is 0 Å². The summed E-state index contributed by atoms with van der Waals surface area (Å²) in [5.41, 5.74) is 2.34. The average molecular weight is 417 g/mol. The van der Waals surface area contributed by atoms with Crippen LogP contribution in [-0.2, 0) is 4.74 Å². The van der Waals surface area contributed by atoms with Crippen molar-refractivity contribution in [2.75, 3.05) is 38.9 Å². The molecule has 2 aromatic carbocycles. The number of likely N-dealkylation sites (tertiary alicyclic amines) is 1. The largest absolute Gasteiger partial charge is 0.467 e. The minimum Gasteiger partial charge on any atom is -0.467 e. The Balaban J connectivity index is 1.73. The highest BCUT2D eigenvalue weighted by Crippen LogP contribution is 2.36. The summed E-state index contributed by atoms with van der Waals surface area (Å²) >= 11 is 0. The molecule has 3 aromatic rings. The highest BCUT2D eigenvalue weighted by molar-refractivity contribution is 6.01. The van der Waals surface area contributed by atoms with Gasteiger partial charge in [-0.2, -0.15) is 0 Å². The van der Waals surface area contributed by atoms with Gasteiger partial charge in [0.2, 0.25) is 0 Å². The molecule has 4 rings (SSSR count). The normalized spacial score (nSPS) is 16.7. The quantitative estimate of drug-likeness (QED) is 0.355. The Morgan fingerprint density at radius 3 is 2.81 bits per heavy atom. The van der Waals surface area contributed by atoms with Crippen LogP contribution in [-0.4, -0.2) is 54.7 Å². The number of hydrogen-bond donors (Lipinski definition) is 1. The van der Waals surface area contributed by atoms with Crippen molar-refractivity contribution < 1.29 is 9.47 Å². The van der Waals surface area contributed by atoms with Gasteiger partial charge in [-0.3, -0.25) is 0 Å². The number of nitrogens with one attached hydrogen (secondary N) is 1. The minimum atomic E-state index is 0.151. The van der Waals surface area contributed by atoms with E-state index in [1.807, 2.05) is 37.3 Å². The molecule has 160 valence electrons. The molecule has 0 amide bonds. The standard InChI is InChI=1S/C25H28N4O2/c1-4-18-12-13-22(23(15-18)31-17-30-5-2)24-20-10-6-7-11-21(20)25(28-27-24)26-19-9-8-14-29(3)16-19/h1,6-7,10-13,15,19H,5,8-9,14,16-17H2,2-3H3,(H,26,28). The van der Waals surface area contributed by atoms with Gasteiger partial charge in [-0.05, 0) is 51.6 Å². The second-order valence-electron chi connectivity index (χ2n) is 7.80. The maximum absolute atomic E-state index is 5.88. The summed E-state index contributed by atoms with van der Waals surface area (Å²) in [5, 5.41) is 14.9. The van der Waals surface area contributed by atoms with E-state index in [4.69, 9.17) is 15.9 Å². The molecule has 1 aliphatic heterocycles. The van der Waals surface area contributed by atoms with Crippen LogP contribution in [0.15, 0.2) is 42.5 Å². The van der Waals surface area contributed by atoms with Crippen molar-refractivity contribution in [3.05, 3.63) is 48.0 Å². The fourth-order valence-corrected chi connectivity index (χ4v) is 4.00. The van der Waals surface area contributed by atoms with Crippen molar-refractivity contribution in [2.24, 2.45) is 0 Å². The van der Waals surface area contributed by atoms with Gasteiger partial charge in [0.1, 0.15) is 11.4 Å². The van der Waals surface area contributed by atoms with E-state index in [0.717, 1.165) is 52.9 Å². The zero-order valence-electron chi connectivity index (χ0n) is 18.1. The van der Waals surface area contributed by atoms with Crippen LogP contribution in [0.3, 0.4) is 0 Å². The highest BCUT2D eigenvalue weighted by atomic mass is 16.7. The Labute approximate surface area is 183 Å². The van der Waals surface area contributed by atoms with Crippen LogP contribution in [0.2, 0.25) is 0 Å². The van der Waals surface area contributed by atoms with Crippen molar-refractivity contribution in [2.45, 2.75) is 25.8 Å². The van der Waals surface area contributed by atoms with Crippen LogP contribution in [0.25, 0.3) is 22.0 Å². The summed E-state index contributed by atoms with van der Waals surface area (Å²) in [6.45, 7) is 4.79. The van der Waals surface area contributed by atoms with Crippen molar-refractivity contribution >= 4 is 16.6 Å². The summed E-state index contributed by atoms with van der Waals surface area (Å²) in [6.07, 6.45) is 7.91. The zero-order valence-corrected chi connectivity index (χ0v) is 18.1. The fourth-order valence-electron chi connectivity index (χ4n) is 4.00. The number of anilines is 1. The number of nitrogens with zero attached hydrogens (tertiary/aromatic N) is 3. The third-order valence-corrected chi connectivity index (χ3v) is 5.56. The number of ether oxygens (including phenoxy) is 2. The first-order chi connectivity index (χ1) is 15.2. The lowest BCUT2D eigenvalue weighted by atomic mass is 10.0. The van der Waals surface area contributed by atoms with Gasteiger partial charge in [-0.15, -0.1) is 16.6 Å². The van der Waals surface area contributed by atoms with Gasteiger partial charge in [-0.1, -0.05) is 30.2 Å². The topological polar surface area (TPSA) is 59.5 Å². The molecule has 1 fully saturated rings. The third-order valence-electron chi connectivity index (χ3n) is 5.56.